The van der Waals surface area contributed by atoms with Crippen molar-refractivity contribution in [2.45, 2.75) is 64.5 Å². The van der Waals surface area contributed by atoms with Crippen LogP contribution in [0.25, 0.3) is 0 Å². The van der Waals surface area contributed by atoms with Crippen LogP contribution in [0, 0.1) is 5.41 Å². The molecule has 2 fully saturated rings. The number of alkyl halides is 2. The highest BCUT2D eigenvalue weighted by Crippen LogP contribution is 2.55. The van der Waals surface area contributed by atoms with Gasteiger partial charge in [-0.25, -0.2) is 4.90 Å². The van der Waals surface area contributed by atoms with Crippen molar-refractivity contribution in [2.24, 2.45) is 5.41 Å². The quantitative estimate of drug-likeness (QED) is 0.560. The average Bonchev–Trinajstić information content (AvgIpc) is 1.96. The molecule has 1 aliphatic carbocycles. The lowest BCUT2D eigenvalue weighted by atomic mass is 9.62. The van der Waals surface area contributed by atoms with E-state index >= 15 is 0 Å². The van der Waals surface area contributed by atoms with Gasteiger partial charge in [0.25, 0.3) is 0 Å². The summed E-state index contributed by atoms with van der Waals surface area (Å²) in [5, 5.41) is 0. The summed E-state index contributed by atoms with van der Waals surface area (Å²) in [4.78, 5) is 1.38. The summed E-state index contributed by atoms with van der Waals surface area (Å²) < 4.78 is 28.0. The molecule has 2 rings (SSSR count). The Morgan fingerprint density at radius 1 is 1.07 bits per heavy atom. The molecule has 0 unspecified atom stereocenters. The van der Waals surface area contributed by atoms with Gasteiger partial charge in [-0.3, -0.25) is 0 Å². The fourth-order valence-electron chi connectivity index (χ4n) is 3.08. The number of piperidine rings is 1. The van der Waals surface area contributed by atoms with Crippen molar-refractivity contribution >= 4 is 0 Å². The van der Waals surface area contributed by atoms with Gasteiger partial charge < -0.3 is 0 Å². The minimum atomic E-state index is -2.60. The second-order valence-corrected chi connectivity index (χ2v) is 6.27. The molecule has 0 aromatic carbocycles. The molecule has 1 aliphatic heterocycles. The minimum Gasteiger partial charge on any atom is -0.240 e. The van der Waals surface area contributed by atoms with Crippen molar-refractivity contribution in [2.75, 3.05) is 6.54 Å². The van der Waals surface area contributed by atoms with Crippen molar-refractivity contribution in [3.8, 4) is 0 Å². The normalized spacial score (nSPS) is 30.2. The van der Waals surface area contributed by atoms with Crippen LogP contribution in [-0.2, 0) is 0 Å². The third-order valence-electron chi connectivity index (χ3n) is 4.07. The zero-order valence-corrected chi connectivity index (χ0v) is 9.95. The molecule has 1 heterocycles. The summed E-state index contributed by atoms with van der Waals surface area (Å²) in [5.41, 5.74) is -0.430. The molecule has 0 aromatic heterocycles. The van der Waals surface area contributed by atoms with E-state index in [1.54, 1.807) is 0 Å². The fraction of sp³-hybridized carbons (Fsp3) is 1.00. The van der Waals surface area contributed by atoms with E-state index in [1.807, 2.05) is 20.8 Å². The lowest BCUT2D eigenvalue weighted by Crippen LogP contribution is -2.60. The molecule has 0 bridgehead atoms. The van der Waals surface area contributed by atoms with Crippen molar-refractivity contribution < 1.29 is 8.78 Å². The van der Waals surface area contributed by atoms with Crippen LogP contribution < -0.4 is 0 Å². The molecule has 3 heteroatoms. The second-order valence-electron chi connectivity index (χ2n) is 6.27. The van der Waals surface area contributed by atoms with Crippen LogP contribution in [-0.4, -0.2) is 23.0 Å². The number of nitrogens with zero attached hydrogens (tertiary/aromatic N) is 1. The fourth-order valence-corrected chi connectivity index (χ4v) is 3.08. The molecule has 1 nitrogen and oxygen atoms in total. The Kier molecular flexibility index (Phi) is 2.38. The van der Waals surface area contributed by atoms with E-state index in [-0.39, 0.29) is 11.8 Å². The van der Waals surface area contributed by atoms with Gasteiger partial charge >= 0.3 is 6.05 Å². The first-order valence-electron chi connectivity index (χ1n) is 5.91. The monoisotopic (exact) mass is 217 g/mol. The first kappa shape index (κ1) is 11.3. The van der Waals surface area contributed by atoms with Crippen LogP contribution in [0.4, 0.5) is 8.78 Å². The van der Waals surface area contributed by atoms with Crippen LogP contribution in [0.5, 0.6) is 0 Å². The van der Waals surface area contributed by atoms with Crippen molar-refractivity contribution in [1.29, 1.82) is 0 Å². The maximum absolute atomic E-state index is 14.0. The molecule has 0 atom stereocenters. The first-order chi connectivity index (χ1) is 6.75. The van der Waals surface area contributed by atoms with Gasteiger partial charge in [-0.1, -0.05) is 6.42 Å². The minimum absolute atomic E-state index is 0.00868. The molecule has 0 N–H and O–H groups in total. The van der Waals surface area contributed by atoms with Crippen molar-refractivity contribution in [3.63, 3.8) is 0 Å². The average molecular weight is 217 g/mol. The number of rotatable bonds is 0. The van der Waals surface area contributed by atoms with E-state index < -0.39 is 11.6 Å². The smallest absolute Gasteiger partial charge is 0.240 e. The van der Waals surface area contributed by atoms with Gasteiger partial charge in [0.05, 0.1) is 0 Å². The predicted molar refractivity (Wildman–Crippen MR) is 56.9 cm³/mol. The van der Waals surface area contributed by atoms with Gasteiger partial charge in [0.15, 0.2) is 0 Å². The van der Waals surface area contributed by atoms with Gasteiger partial charge in [0.2, 0.25) is 0 Å². The summed E-state index contributed by atoms with van der Waals surface area (Å²) in [6, 6.07) is -2.60. The number of halogens is 2. The second kappa shape index (κ2) is 3.16. The Morgan fingerprint density at radius 3 is 2.00 bits per heavy atom. The molecular formula is C12H21F2N. The topological polar surface area (TPSA) is 3.24 Å². The Morgan fingerprint density at radius 2 is 1.67 bits per heavy atom. The molecule has 0 amide bonds. The maximum atomic E-state index is 14.0. The van der Waals surface area contributed by atoms with E-state index in [4.69, 9.17) is 0 Å². The van der Waals surface area contributed by atoms with Crippen LogP contribution in [0.1, 0.15) is 52.9 Å². The van der Waals surface area contributed by atoms with Crippen LogP contribution in [0.15, 0.2) is 0 Å². The zero-order chi connectivity index (χ0) is 11.3. The van der Waals surface area contributed by atoms with Crippen molar-refractivity contribution in [1.82, 2.24) is 4.90 Å². The third kappa shape index (κ3) is 1.91. The van der Waals surface area contributed by atoms with E-state index in [0.717, 1.165) is 25.7 Å². The molecule has 2 aliphatic rings. The molecule has 1 spiro atoms. The van der Waals surface area contributed by atoms with Crippen molar-refractivity contribution in [3.05, 3.63) is 0 Å². The van der Waals surface area contributed by atoms with Gasteiger partial charge in [-0.05, 0) is 45.4 Å². The van der Waals surface area contributed by atoms with Crippen LogP contribution >= 0.6 is 0 Å². The van der Waals surface area contributed by atoms with Gasteiger partial charge in [-0.2, -0.15) is 8.78 Å². The lowest BCUT2D eigenvalue weighted by Gasteiger charge is -2.54. The summed E-state index contributed by atoms with van der Waals surface area (Å²) in [5.74, 6) is 0. The van der Waals surface area contributed by atoms with Crippen LogP contribution in [0.2, 0.25) is 0 Å². The molecule has 1 saturated carbocycles. The standard InChI is InChI=1S/C12H21F2N/c1-10(2,3)15-8-7-11(5-4-6-11)9-12(15,13)14/h4-9H2,1-3H3. The number of hydrogen-bond donors (Lipinski definition) is 0. The highest BCUT2D eigenvalue weighted by atomic mass is 19.3. The first-order valence-corrected chi connectivity index (χ1v) is 5.91. The zero-order valence-electron chi connectivity index (χ0n) is 9.95. The molecule has 15 heavy (non-hydrogen) atoms. The lowest BCUT2D eigenvalue weighted by molar-refractivity contribution is -0.238. The Balaban J connectivity index is 2.12. The Bertz CT molecular complexity index is 251. The molecule has 88 valence electrons. The summed E-state index contributed by atoms with van der Waals surface area (Å²) in [6.45, 7) is 6.18. The highest BCUT2D eigenvalue weighted by molar-refractivity contribution is 4.99. The van der Waals surface area contributed by atoms with E-state index in [9.17, 15) is 8.78 Å². The van der Waals surface area contributed by atoms with Gasteiger partial charge in [0.1, 0.15) is 0 Å². The number of likely N-dealkylation sites (tertiary alicyclic amines) is 1. The van der Waals surface area contributed by atoms with E-state index in [0.29, 0.717) is 6.54 Å². The van der Waals surface area contributed by atoms with Crippen LogP contribution in [0.3, 0.4) is 0 Å². The summed E-state index contributed by atoms with van der Waals surface area (Å²) >= 11 is 0. The number of hydrogen-bond acceptors (Lipinski definition) is 1. The molecule has 0 aromatic rings. The SMILES string of the molecule is CC(C)(C)N1CCC2(CCC2)CC1(F)F. The van der Waals surface area contributed by atoms with E-state index in [1.165, 1.54) is 4.90 Å². The van der Waals surface area contributed by atoms with Gasteiger partial charge in [-0.15, -0.1) is 0 Å². The largest absolute Gasteiger partial charge is 0.305 e. The predicted octanol–water partition coefficient (Wildman–Crippen LogP) is 3.64. The Hall–Kier alpha value is -0.180. The highest BCUT2D eigenvalue weighted by Gasteiger charge is 2.55. The summed E-state index contributed by atoms with van der Waals surface area (Å²) in [7, 11) is 0. The van der Waals surface area contributed by atoms with Gasteiger partial charge in [0, 0.05) is 18.5 Å². The molecule has 1 saturated heterocycles. The molecule has 0 radical (unpaired) electrons. The Labute approximate surface area is 90.8 Å². The molecular weight excluding hydrogens is 196 g/mol. The van der Waals surface area contributed by atoms with E-state index in [2.05, 4.69) is 0 Å². The third-order valence-corrected chi connectivity index (χ3v) is 4.07. The summed E-state index contributed by atoms with van der Waals surface area (Å²) in [6.07, 6.45) is 4.21. The maximum Gasteiger partial charge on any atom is 0.305 e.